The van der Waals surface area contributed by atoms with E-state index in [1.54, 1.807) is 44.3 Å². The van der Waals surface area contributed by atoms with E-state index in [1.165, 1.54) is 12.3 Å². The average Bonchev–Trinajstić information content (AvgIpc) is 2.47. The van der Waals surface area contributed by atoms with Crippen LogP contribution in [0.2, 0.25) is 0 Å². The first-order valence-electron chi connectivity index (χ1n) is 6.31. The van der Waals surface area contributed by atoms with Crippen molar-refractivity contribution in [2.24, 2.45) is 0 Å². The lowest BCUT2D eigenvalue weighted by molar-refractivity contribution is 0.0939. The van der Waals surface area contributed by atoms with Crippen molar-refractivity contribution in [1.82, 2.24) is 10.3 Å². The summed E-state index contributed by atoms with van der Waals surface area (Å²) in [5.41, 5.74) is 0.896. The molecule has 0 aliphatic heterocycles. The number of halogens is 1. The molecule has 2 N–H and O–H groups in total. The topological polar surface area (TPSA) is 54.0 Å². The molecule has 2 aromatic rings. The van der Waals surface area contributed by atoms with Gasteiger partial charge in [0.2, 0.25) is 0 Å². The van der Waals surface area contributed by atoms with Gasteiger partial charge in [-0.15, -0.1) is 0 Å². The van der Waals surface area contributed by atoms with Crippen LogP contribution in [-0.4, -0.2) is 17.9 Å². The first-order valence-corrected chi connectivity index (χ1v) is 6.31. The number of pyridine rings is 1. The number of carbonyl (C=O) groups excluding carboxylic acids is 1. The van der Waals surface area contributed by atoms with Gasteiger partial charge in [-0.1, -0.05) is 18.2 Å². The molecule has 1 aromatic heterocycles. The molecule has 0 saturated heterocycles. The van der Waals surface area contributed by atoms with E-state index in [2.05, 4.69) is 15.6 Å². The Kier molecular flexibility index (Phi) is 4.30. The molecule has 0 aliphatic rings. The summed E-state index contributed by atoms with van der Waals surface area (Å²) in [5, 5.41) is 5.63. The number of aromatic nitrogens is 1. The summed E-state index contributed by atoms with van der Waals surface area (Å²) in [7, 11) is 1.75. The fourth-order valence-electron chi connectivity index (χ4n) is 1.86. The summed E-state index contributed by atoms with van der Waals surface area (Å²) >= 11 is 0. The number of nitrogens with one attached hydrogen (secondary N) is 2. The lowest BCUT2D eigenvalue weighted by Crippen LogP contribution is -2.27. The van der Waals surface area contributed by atoms with E-state index in [-0.39, 0.29) is 11.7 Å². The Labute approximate surface area is 117 Å². The minimum Gasteiger partial charge on any atom is -0.373 e. The largest absolute Gasteiger partial charge is 0.373 e. The van der Waals surface area contributed by atoms with Gasteiger partial charge in [0.25, 0.3) is 5.91 Å². The summed E-state index contributed by atoms with van der Waals surface area (Å²) in [6, 6.07) is 9.36. The molecule has 1 aromatic carbocycles. The van der Waals surface area contributed by atoms with Crippen LogP contribution in [-0.2, 0) is 0 Å². The highest BCUT2D eigenvalue weighted by Gasteiger charge is 2.14. The lowest BCUT2D eigenvalue weighted by Gasteiger charge is -2.15. The van der Waals surface area contributed by atoms with E-state index >= 15 is 0 Å². The number of nitrogens with zero attached hydrogens (tertiary/aromatic N) is 1. The number of anilines is 1. The highest BCUT2D eigenvalue weighted by atomic mass is 19.1. The van der Waals surface area contributed by atoms with Crippen molar-refractivity contribution < 1.29 is 9.18 Å². The molecule has 0 bridgehead atoms. The highest BCUT2D eigenvalue weighted by molar-refractivity contribution is 5.94. The number of benzene rings is 1. The third kappa shape index (κ3) is 3.12. The Bertz CT molecular complexity index is 598. The second-order valence-corrected chi connectivity index (χ2v) is 4.40. The molecule has 0 saturated carbocycles. The van der Waals surface area contributed by atoms with Crippen molar-refractivity contribution >= 4 is 11.7 Å². The van der Waals surface area contributed by atoms with Crippen molar-refractivity contribution in [3.05, 3.63) is 59.5 Å². The van der Waals surface area contributed by atoms with Crippen LogP contribution in [0.5, 0.6) is 0 Å². The zero-order chi connectivity index (χ0) is 14.5. The van der Waals surface area contributed by atoms with Gasteiger partial charge in [-0.05, 0) is 25.1 Å². The molecule has 1 amide bonds. The number of carbonyl (C=O) groups is 1. The number of hydrogen-bond donors (Lipinski definition) is 2. The van der Waals surface area contributed by atoms with Crippen molar-refractivity contribution in [1.29, 1.82) is 0 Å². The van der Waals surface area contributed by atoms with E-state index in [0.717, 1.165) is 0 Å². The molecule has 0 aliphatic carbocycles. The van der Waals surface area contributed by atoms with Crippen LogP contribution >= 0.6 is 0 Å². The van der Waals surface area contributed by atoms with Crippen molar-refractivity contribution in [3.63, 3.8) is 0 Å². The Morgan fingerprint density at radius 1 is 1.25 bits per heavy atom. The van der Waals surface area contributed by atoms with Gasteiger partial charge in [-0.25, -0.2) is 9.37 Å². The second kappa shape index (κ2) is 6.14. The molecule has 0 fully saturated rings. The van der Waals surface area contributed by atoms with E-state index in [0.29, 0.717) is 16.9 Å². The van der Waals surface area contributed by atoms with Crippen molar-refractivity contribution in [3.8, 4) is 0 Å². The van der Waals surface area contributed by atoms with Crippen molar-refractivity contribution in [2.75, 3.05) is 12.4 Å². The first-order chi connectivity index (χ1) is 9.61. The molecule has 0 radical (unpaired) electrons. The van der Waals surface area contributed by atoms with Crippen LogP contribution in [0.1, 0.15) is 28.9 Å². The second-order valence-electron chi connectivity index (χ2n) is 4.40. The minimum absolute atomic E-state index is 0.282. The number of rotatable bonds is 4. The first kappa shape index (κ1) is 14.0. The predicted octanol–water partition coefficient (Wildman–Crippen LogP) is 2.75. The number of hydrogen-bond acceptors (Lipinski definition) is 3. The summed E-state index contributed by atoms with van der Waals surface area (Å²) in [5.74, 6) is 0.0727. The SMILES string of the molecule is CNc1ccc(C(=O)NC(C)c2ccccc2F)cn1. The summed E-state index contributed by atoms with van der Waals surface area (Å²) in [6.45, 7) is 1.74. The van der Waals surface area contributed by atoms with Crippen LogP contribution in [0.25, 0.3) is 0 Å². The van der Waals surface area contributed by atoms with Crippen LogP contribution in [0.3, 0.4) is 0 Å². The van der Waals surface area contributed by atoms with E-state index in [4.69, 9.17) is 0 Å². The van der Waals surface area contributed by atoms with E-state index in [1.807, 2.05) is 0 Å². The van der Waals surface area contributed by atoms with Crippen molar-refractivity contribution in [2.45, 2.75) is 13.0 Å². The van der Waals surface area contributed by atoms with Gasteiger partial charge in [0, 0.05) is 18.8 Å². The fourth-order valence-corrected chi connectivity index (χ4v) is 1.86. The third-order valence-electron chi connectivity index (χ3n) is 3.00. The third-order valence-corrected chi connectivity index (χ3v) is 3.00. The smallest absolute Gasteiger partial charge is 0.253 e. The Hall–Kier alpha value is -2.43. The monoisotopic (exact) mass is 273 g/mol. The molecule has 2 rings (SSSR count). The molecular formula is C15H16FN3O. The maximum atomic E-state index is 13.6. The maximum absolute atomic E-state index is 13.6. The van der Waals surface area contributed by atoms with Gasteiger partial charge in [0.05, 0.1) is 11.6 Å². The van der Waals surface area contributed by atoms with E-state index < -0.39 is 6.04 Å². The quantitative estimate of drug-likeness (QED) is 0.900. The summed E-state index contributed by atoms with van der Waals surface area (Å²) in [4.78, 5) is 16.1. The molecule has 0 spiro atoms. The molecule has 5 heteroatoms. The Morgan fingerprint density at radius 2 is 2.00 bits per heavy atom. The Balaban J connectivity index is 2.09. The molecule has 4 nitrogen and oxygen atoms in total. The summed E-state index contributed by atoms with van der Waals surface area (Å²) in [6.07, 6.45) is 1.48. The van der Waals surface area contributed by atoms with Crippen LogP contribution in [0.4, 0.5) is 10.2 Å². The van der Waals surface area contributed by atoms with Gasteiger partial charge in [0.15, 0.2) is 0 Å². The minimum atomic E-state index is -0.410. The van der Waals surface area contributed by atoms with E-state index in [9.17, 15) is 9.18 Å². The number of amides is 1. The van der Waals surface area contributed by atoms with Crippen LogP contribution in [0.15, 0.2) is 42.6 Å². The van der Waals surface area contributed by atoms with Gasteiger partial charge in [-0.3, -0.25) is 4.79 Å². The molecule has 104 valence electrons. The molecular weight excluding hydrogens is 257 g/mol. The molecule has 1 atom stereocenters. The maximum Gasteiger partial charge on any atom is 0.253 e. The fraction of sp³-hybridized carbons (Fsp3) is 0.200. The highest BCUT2D eigenvalue weighted by Crippen LogP contribution is 2.16. The molecule has 20 heavy (non-hydrogen) atoms. The predicted molar refractivity (Wildman–Crippen MR) is 76.1 cm³/mol. The van der Waals surface area contributed by atoms with Gasteiger partial charge >= 0.3 is 0 Å². The zero-order valence-corrected chi connectivity index (χ0v) is 11.4. The Morgan fingerprint density at radius 3 is 2.60 bits per heavy atom. The van der Waals surface area contributed by atoms with Crippen LogP contribution in [0, 0.1) is 5.82 Å². The van der Waals surface area contributed by atoms with Gasteiger partial charge in [0.1, 0.15) is 11.6 Å². The van der Waals surface area contributed by atoms with Gasteiger partial charge in [-0.2, -0.15) is 0 Å². The standard InChI is InChI=1S/C15H16FN3O/c1-10(12-5-3-4-6-13(12)16)19-15(20)11-7-8-14(17-2)18-9-11/h3-10H,1-2H3,(H,17,18)(H,19,20). The summed E-state index contributed by atoms with van der Waals surface area (Å²) < 4.78 is 13.6. The normalized spacial score (nSPS) is 11.8. The molecule has 1 heterocycles. The van der Waals surface area contributed by atoms with Crippen LogP contribution < -0.4 is 10.6 Å². The average molecular weight is 273 g/mol. The zero-order valence-electron chi connectivity index (χ0n) is 11.4. The molecule has 1 unspecified atom stereocenters. The van der Waals surface area contributed by atoms with Gasteiger partial charge < -0.3 is 10.6 Å². The lowest BCUT2D eigenvalue weighted by atomic mass is 10.1.